The highest BCUT2D eigenvalue weighted by Crippen LogP contribution is 2.28. The molecule has 0 amide bonds. The van der Waals surface area contributed by atoms with Crippen molar-refractivity contribution in [2.75, 3.05) is 13.6 Å². The minimum Gasteiger partial charge on any atom is -0.357 e. The van der Waals surface area contributed by atoms with Crippen LogP contribution in [0.1, 0.15) is 50.0 Å². The van der Waals surface area contributed by atoms with Crippen LogP contribution >= 0.6 is 35.6 Å². The molecule has 27 heavy (non-hydrogen) atoms. The van der Waals surface area contributed by atoms with Crippen LogP contribution in [0.2, 0.25) is 5.02 Å². The van der Waals surface area contributed by atoms with Crippen LogP contribution in [0.25, 0.3) is 0 Å². The van der Waals surface area contributed by atoms with Crippen molar-refractivity contribution >= 4 is 41.5 Å². The molecule has 1 N–H and O–H groups in total. The summed E-state index contributed by atoms with van der Waals surface area (Å²) in [7, 11) is 4.05. The van der Waals surface area contributed by atoms with Crippen LogP contribution in [0.4, 0.5) is 0 Å². The first kappa shape index (κ1) is 22.1. The molecule has 1 aliphatic rings. The van der Waals surface area contributed by atoms with Gasteiger partial charge in [0.15, 0.2) is 5.96 Å². The minimum absolute atomic E-state index is 0. The third-order valence-corrected chi connectivity index (χ3v) is 5.13. The summed E-state index contributed by atoms with van der Waals surface area (Å²) in [6.45, 7) is 4.23. The molecule has 1 saturated carbocycles. The van der Waals surface area contributed by atoms with Crippen LogP contribution in [-0.2, 0) is 20.1 Å². The van der Waals surface area contributed by atoms with Gasteiger partial charge in [0.25, 0.3) is 0 Å². The molecule has 2 aromatic rings. The molecule has 0 bridgehead atoms. The van der Waals surface area contributed by atoms with Gasteiger partial charge in [-0.1, -0.05) is 24.4 Å². The first-order chi connectivity index (χ1) is 12.6. The molecule has 1 fully saturated rings. The summed E-state index contributed by atoms with van der Waals surface area (Å²) in [5.74, 6) is 0.875. The van der Waals surface area contributed by atoms with E-state index in [4.69, 9.17) is 21.7 Å². The Kier molecular flexibility index (Phi) is 8.47. The number of hydrogen-bond acceptors (Lipinski definition) is 2. The van der Waals surface area contributed by atoms with Crippen LogP contribution in [0, 0.1) is 0 Å². The van der Waals surface area contributed by atoms with Crippen LogP contribution in [-0.4, -0.2) is 38.8 Å². The number of hydrogen-bond donors (Lipinski definition) is 1. The van der Waals surface area contributed by atoms with Crippen molar-refractivity contribution in [3.8, 4) is 0 Å². The average Bonchev–Trinajstić information content (AvgIpc) is 3.33. The fraction of sp³-hybridized carbons (Fsp3) is 0.579. The maximum absolute atomic E-state index is 6.09. The standard InChI is InChI=1S/C19H29ClN6.HI/c1-4-21-19(25(3)14-18-11-15(20)13-24(18)2)22-12-16-9-10-26(23-16)17-7-5-6-8-17;/h9-11,13,17H,4-8,12,14H2,1-3H3,(H,21,22);1H. The maximum Gasteiger partial charge on any atom is 0.194 e. The van der Waals surface area contributed by atoms with Crippen LogP contribution in [0.3, 0.4) is 0 Å². The van der Waals surface area contributed by atoms with E-state index in [-0.39, 0.29) is 24.0 Å². The lowest BCUT2D eigenvalue weighted by atomic mass is 10.3. The quantitative estimate of drug-likeness (QED) is 0.364. The highest BCUT2D eigenvalue weighted by atomic mass is 127. The highest BCUT2D eigenvalue weighted by Gasteiger charge is 2.17. The van der Waals surface area contributed by atoms with Gasteiger partial charge in [-0.25, -0.2) is 4.99 Å². The van der Waals surface area contributed by atoms with Crippen molar-refractivity contribution in [1.82, 2.24) is 24.6 Å². The molecule has 8 heteroatoms. The van der Waals surface area contributed by atoms with Gasteiger partial charge in [0.1, 0.15) is 0 Å². The second-order valence-electron chi connectivity index (χ2n) is 7.01. The Labute approximate surface area is 184 Å². The largest absolute Gasteiger partial charge is 0.357 e. The topological polar surface area (TPSA) is 50.4 Å². The molecule has 0 atom stereocenters. The number of halogens is 2. The molecule has 1 aliphatic carbocycles. The van der Waals surface area contributed by atoms with E-state index in [0.29, 0.717) is 12.6 Å². The predicted octanol–water partition coefficient (Wildman–Crippen LogP) is 4.21. The fourth-order valence-corrected chi connectivity index (χ4v) is 3.77. The molecule has 3 rings (SSSR count). The minimum atomic E-state index is 0. The number of rotatable bonds is 6. The van der Waals surface area contributed by atoms with E-state index in [2.05, 4.69) is 34.1 Å². The molecular weight excluding hydrogens is 475 g/mol. The number of aryl methyl sites for hydroxylation is 1. The number of aliphatic imine (C=N–C) groups is 1. The fourth-order valence-electron chi connectivity index (χ4n) is 3.50. The molecule has 2 aromatic heterocycles. The van der Waals surface area contributed by atoms with Gasteiger partial charge in [-0.15, -0.1) is 24.0 Å². The maximum atomic E-state index is 6.09. The lowest BCUT2D eigenvalue weighted by Crippen LogP contribution is -2.38. The number of nitrogens with zero attached hydrogens (tertiary/aromatic N) is 5. The summed E-state index contributed by atoms with van der Waals surface area (Å²) < 4.78 is 4.17. The van der Waals surface area contributed by atoms with Gasteiger partial charge < -0.3 is 14.8 Å². The zero-order valence-corrected chi connectivity index (χ0v) is 19.4. The number of aromatic nitrogens is 3. The van der Waals surface area contributed by atoms with Gasteiger partial charge in [-0.05, 0) is 31.9 Å². The number of guanidine groups is 1. The van der Waals surface area contributed by atoms with Gasteiger partial charge in [-0.3, -0.25) is 4.68 Å². The monoisotopic (exact) mass is 504 g/mol. The molecule has 2 heterocycles. The second kappa shape index (κ2) is 10.4. The van der Waals surface area contributed by atoms with E-state index >= 15 is 0 Å². The second-order valence-corrected chi connectivity index (χ2v) is 7.45. The van der Waals surface area contributed by atoms with E-state index in [1.54, 1.807) is 0 Å². The summed E-state index contributed by atoms with van der Waals surface area (Å²) in [6.07, 6.45) is 9.14. The third kappa shape index (κ3) is 5.88. The summed E-state index contributed by atoms with van der Waals surface area (Å²) >= 11 is 6.09. The van der Waals surface area contributed by atoms with Crippen molar-refractivity contribution in [2.45, 2.75) is 51.7 Å². The van der Waals surface area contributed by atoms with E-state index < -0.39 is 0 Å². The van der Waals surface area contributed by atoms with Gasteiger partial charge in [-0.2, -0.15) is 5.10 Å². The first-order valence-electron chi connectivity index (χ1n) is 9.41. The van der Waals surface area contributed by atoms with Gasteiger partial charge in [0.2, 0.25) is 0 Å². The van der Waals surface area contributed by atoms with Gasteiger partial charge in [0, 0.05) is 38.7 Å². The molecule has 150 valence electrons. The Hall–Kier alpha value is -1.22. The van der Waals surface area contributed by atoms with Crippen LogP contribution in [0.5, 0.6) is 0 Å². The van der Waals surface area contributed by atoms with E-state index in [9.17, 15) is 0 Å². The molecule has 0 spiro atoms. The van der Waals surface area contributed by atoms with E-state index in [1.807, 2.05) is 30.9 Å². The number of nitrogens with one attached hydrogen (secondary N) is 1. The molecule has 0 saturated heterocycles. The Morgan fingerprint density at radius 3 is 2.78 bits per heavy atom. The van der Waals surface area contributed by atoms with E-state index in [0.717, 1.165) is 35.5 Å². The van der Waals surface area contributed by atoms with Crippen molar-refractivity contribution in [3.05, 3.63) is 40.9 Å². The Morgan fingerprint density at radius 1 is 1.41 bits per heavy atom. The third-order valence-electron chi connectivity index (χ3n) is 4.92. The molecule has 0 radical (unpaired) electrons. The predicted molar refractivity (Wildman–Crippen MR) is 122 cm³/mol. The lowest BCUT2D eigenvalue weighted by Gasteiger charge is -2.22. The van der Waals surface area contributed by atoms with Crippen LogP contribution in [0.15, 0.2) is 29.5 Å². The summed E-state index contributed by atoms with van der Waals surface area (Å²) in [5, 5.41) is 8.85. The zero-order valence-electron chi connectivity index (χ0n) is 16.4. The van der Waals surface area contributed by atoms with E-state index in [1.165, 1.54) is 25.7 Å². The van der Waals surface area contributed by atoms with Gasteiger partial charge >= 0.3 is 0 Å². The Morgan fingerprint density at radius 2 is 2.15 bits per heavy atom. The average molecular weight is 505 g/mol. The molecule has 0 unspecified atom stereocenters. The Bertz CT molecular complexity index is 747. The zero-order chi connectivity index (χ0) is 18.5. The lowest BCUT2D eigenvalue weighted by molar-refractivity contribution is 0.457. The SMILES string of the molecule is CCNC(=NCc1ccn(C2CCCC2)n1)N(C)Cc1cc(Cl)cn1C.I. The summed E-state index contributed by atoms with van der Waals surface area (Å²) in [6, 6.07) is 4.65. The van der Waals surface area contributed by atoms with Gasteiger partial charge in [0.05, 0.1) is 29.8 Å². The molecule has 6 nitrogen and oxygen atoms in total. The molecule has 0 aromatic carbocycles. The normalized spacial score (nSPS) is 15.0. The van der Waals surface area contributed by atoms with Crippen molar-refractivity contribution in [2.24, 2.45) is 12.0 Å². The first-order valence-corrected chi connectivity index (χ1v) is 9.79. The molecule has 0 aliphatic heterocycles. The highest BCUT2D eigenvalue weighted by molar-refractivity contribution is 14.0. The summed E-state index contributed by atoms with van der Waals surface area (Å²) in [5.41, 5.74) is 2.16. The van der Waals surface area contributed by atoms with Crippen molar-refractivity contribution in [1.29, 1.82) is 0 Å². The summed E-state index contributed by atoms with van der Waals surface area (Å²) in [4.78, 5) is 6.88. The molecular formula is C19H30ClIN6. The van der Waals surface area contributed by atoms with Crippen molar-refractivity contribution in [3.63, 3.8) is 0 Å². The van der Waals surface area contributed by atoms with Crippen molar-refractivity contribution < 1.29 is 0 Å². The Balaban J connectivity index is 0.00000261. The van der Waals surface area contributed by atoms with Crippen LogP contribution < -0.4 is 5.32 Å². The smallest absolute Gasteiger partial charge is 0.194 e.